The molecule has 1 heterocycles. The Morgan fingerprint density at radius 3 is 2.38 bits per heavy atom. The topological polar surface area (TPSA) is 43.4 Å². The molecule has 0 atom stereocenters. The molecule has 0 aliphatic rings. The lowest BCUT2D eigenvalue weighted by Crippen LogP contribution is -2.04. The molecule has 1 aromatic heterocycles. The van der Waals surface area contributed by atoms with Gasteiger partial charge in [-0.05, 0) is 49.2 Å². The van der Waals surface area contributed by atoms with Crippen LogP contribution in [0.4, 0.5) is 5.69 Å². The Hall–Kier alpha value is -3.01. The molecule has 0 saturated carbocycles. The van der Waals surface area contributed by atoms with E-state index in [2.05, 4.69) is 35.4 Å². The van der Waals surface area contributed by atoms with Gasteiger partial charge in [0.15, 0.2) is 0 Å². The molecule has 4 heteroatoms. The minimum absolute atomic E-state index is 0.483. The molecule has 4 nitrogen and oxygen atoms in total. The lowest BCUT2D eigenvalue weighted by atomic mass is 10.0. The number of pyridine rings is 1. The Kier molecular flexibility index (Phi) is 5.42. The van der Waals surface area contributed by atoms with Gasteiger partial charge >= 0.3 is 0 Å². The van der Waals surface area contributed by atoms with Crippen LogP contribution in [-0.4, -0.2) is 19.1 Å². The molecule has 0 unspecified atom stereocenters. The van der Waals surface area contributed by atoms with Crippen molar-refractivity contribution in [2.45, 2.75) is 20.5 Å². The zero-order chi connectivity index (χ0) is 18.5. The van der Waals surface area contributed by atoms with Crippen LogP contribution in [0.3, 0.4) is 0 Å². The van der Waals surface area contributed by atoms with Crippen molar-refractivity contribution in [2.24, 2.45) is 0 Å². The van der Waals surface area contributed by atoms with Crippen molar-refractivity contribution >= 4 is 5.69 Å². The number of methoxy groups -OCH3 is 1. The Balaban J connectivity index is 1.78. The zero-order valence-corrected chi connectivity index (χ0v) is 15.7. The van der Waals surface area contributed by atoms with Crippen molar-refractivity contribution in [3.8, 4) is 22.8 Å². The summed E-state index contributed by atoms with van der Waals surface area (Å²) >= 11 is 0. The van der Waals surface area contributed by atoms with Crippen LogP contribution in [0.2, 0.25) is 0 Å². The number of aryl methyl sites for hydroxylation is 2. The molecule has 0 radical (unpaired) electrons. The Labute approximate surface area is 154 Å². The van der Waals surface area contributed by atoms with Gasteiger partial charge in [0.25, 0.3) is 0 Å². The number of anilines is 1. The van der Waals surface area contributed by atoms with Crippen LogP contribution < -0.4 is 14.8 Å². The molecule has 3 rings (SSSR count). The number of hydrogen-bond donors (Lipinski definition) is 1. The summed E-state index contributed by atoms with van der Waals surface area (Å²) in [5, 5.41) is 3.21. The maximum Gasteiger partial charge on any atom is 0.213 e. The van der Waals surface area contributed by atoms with Crippen LogP contribution in [0.1, 0.15) is 16.8 Å². The normalized spacial score (nSPS) is 10.5. The summed E-state index contributed by atoms with van der Waals surface area (Å²) in [5.41, 5.74) is 6.56. The third-order valence-electron chi connectivity index (χ3n) is 4.51. The zero-order valence-electron chi connectivity index (χ0n) is 15.7. The highest BCUT2D eigenvalue weighted by atomic mass is 16.5. The van der Waals surface area contributed by atoms with Crippen LogP contribution in [0.15, 0.2) is 54.6 Å². The van der Waals surface area contributed by atoms with Crippen LogP contribution >= 0.6 is 0 Å². The summed E-state index contributed by atoms with van der Waals surface area (Å²) in [6.07, 6.45) is 0. The summed E-state index contributed by atoms with van der Waals surface area (Å²) in [6, 6.07) is 18.1. The lowest BCUT2D eigenvalue weighted by molar-refractivity contribution is 0.293. The number of nitrogens with zero attached hydrogens (tertiary/aromatic N) is 1. The number of aromatic nitrogens is 1. The van der Waals surface area contributed by atoms with Crippen LogP contribution in [0.25, 0.3) is 11.1 Å². The molecule has 2 aromatic carbocycles. The smallest absolute Gasteiger partial charge is 0.213 e. The molecule has 134 valence electrons. The third kappa shape index (κ3) is 3.80. The van der Waals surface area contributed by atoms with Crippen LogP contribution in [0.5, 0.6) is 11.6 Å². The average Bonchev–Trinajstić information content (AvgIpc) is 2.67. The molecule has 0 bridgehead atoms. The highest BCUT2D eigenvalue weighted by Gasteiger charge is 2.08. The van der Waals surface area contributed by atoms with Crippen molar-refractivity contribution in [2.75, 3.05) is 19.5 Å². The molecule has 1 N–H and O–H groups in total. The molecule has 0 aliphatic heterocycles. The predicted molar refractivity (Wildman–Crippen MR) is 106 cm³/mol. The average molecular weight is 348 g/mol. The van der Waals surface area contributed by atoms with E-state index in [1.54, 1.807) is 7.11 Å². The van der Waals surface area contributed by atoms with E-state index in [4.69, 9.17) is 9.47 Å². The van der Waals surface area contributed by atoms with E-state index >= 15 is 0 Å². The second kappa shape index (κ2) is 7.91. The van der Waals surface area contributed by atoms with Crippen LogP contribution in [-0.2, 0) is 6.61 Å². The van der Waals surface area contributed by atoms with E-state index in [-0.39, 0.29) is 0 Å². The van der Waals surface area contributed by atoms with E-state index in [9.17, 15) is 0 Å². The largest absolute Gasteiger partial charge is 0.497 e. The molecule has 0 spiro atoms. The third-order valence-corrected chi connectivity index (χ3v) is 4.51. The fourth-order valence-corrected chi connectivity index (χ4v) is 2.97. The number of rotatable bonds is 6. The monoisotopic (exact) mass is 348 g/mol. The second-order valence-corrected chi connectivity index (χ2v) is 6.15. The first kappa shape index (κ1) is 17.8. The summed E-state index contributed by atoms with van der Waals surface area (Å²) in [6.45, 7) is 4.57. The molecule has 0 aliphatic carbocycles. The van der Waals surface area contributed by atoms with Gasteiger partial charge < -0.3 is 14.8 Å². The van der Waals surface area contributed by atoms with Gasteiger partial charge in [-0.15, -0.1) is 0 Å². The summed E-state index contributed by atoms with van der Waals surface area (Å²) in [5.74, 6) is 1.47. The van der Waals surface area contributed by atoms with E-state index in [1.165, 1.54) is 5.56 Å². The van der Waals surface area contributed by atoms with Crippen LogP contribution in [0, 0.1) is 13.8 Å². The number of nitrogens with one attached hydrogen (secondary N) is 1. The van der Waals surface area contributed by atoms with Crippen molar-refractivity contribution in [1.82, 2.24) is 4.98 Å². The quantitative estimate of drug-likeness (QED) is 0.681. The van der Waals surface area contributed by atoms with Gasteiger partial charge in [0.2, 0.25) is 5.88 Å². The van der Waals surface area contributed by atoms with Gasteiger partial charge in [0.1, 0.15) is 12.4 Å². The van der Waals surface area contributed by atoms with Gasteiger partial charge in [0.05, 0.1) is 7.11 Å². The number of ether oxygens (including phenoxy) is 2. The Bertz CT molecular complexity index is 889. The predicted octanol–water partition coefficient (Wildman–Crippen LogP) is 4.99. The van der Waals surface area contributed by atoms with E-state index in [0.717, 1.165) is 33.8 Å². The summed E-state index contributed by atoms with van der Waals surface area (Å²) < 4.78 is 11.2. The van der Waals surface area contributed by atoms with Gasteiger partial charge in [-0.2, -0.15) is 0 Å². The molecule has 26 heavy (non-hydrogen) atoms. The molecule has 3 aromatic rings. The second-order valence-electron chi connectivity index (χ2n) is 6.15. The van der Waals surface area contributed by atoms with E-state index < -0.39 is 0 Å². The number of benzene rings is 2. The van der Waals surface area contributed by atoms with Gasteiger partial charge in [-0.25, -0.2) is 4.98 Å². The highest BCUT2D eigenvalue weighted by Crippen LogP contribution is 2.27. The molecule has 0 saturated heterocycles. The molecule has 0 fully saturated rings. The SMILES string of the molecule is CNc1cccc(C)c1COc1ccc(-c2ccc(OC)cc2)c(C)n1. The Morgan fingerprint density at radius 1 is 0.962 bits per heavy atom. The van der Waals surface area contributed by atoms with Crippen molar-refractivity contribution in [1.29, 1.82) is 0 Å². The van der Waals surface area contributed by atoms with Crippen molar-refractivity contribution < 1.29 is 9.47 Å². The van der Waals surface area contributed by atoms with Crippen molar-refractivity contribution in [3.63, 3.8) is 0 Å². The number of hydrogen-bond acceptors (Lipinski definition) is 4. The van der Waals surface area contributed by atoms with Gasteiger partial charge in [-0.3, -0.25) is 0 Å². The standard InChI is InChI=1S/C22H24N2O2/c1-15-6-5-7-21(23-3)20(15)14-26-22-13-12-19(16(2)24-22)17-8-10-18(25-4)11-9-17/h5-13,23H,14H2,1-4H3. The van der Waals surface area contributed by atoms with E-state index in [1.807, 2.05) is 50.4 Å². The minimum Gasteiger partial charge on any atom is -0.497 e. The fraction of sp³-hybridized carbons (Fsp3) is 0.227. The molecular weight excluding hydrogens is 324 g/mol. The summed E-state index contributed by atoms with van der Waals surface area (Å²) in [4.78, 5) is 4.62. The van der Waals surface area contributed by atoms with Gasteiger partial charge in [0, 0.05) is 35.6 Å². The van der Waals surface area contributed by atoms with Crippen molar-refractivity contribution in [3.05, 3.63) is 71.4 Å². The first-order chi connectivity index (χ1) is 12.6. The maximum atomic E-state index is 5.95. The Morgan fingerprint density at radius 2 is 1.73 bits per heavy atom. The fourth-order valence-electron chi connectivity index (χ4n) is 2.97. The highest BCUT2D eigenvalue weighted by molar-refractivity contribution is 5.66. The van der Waals surface area contributed by atoms with E-state index in [0.29, 0.717) is 12.5 Å². The first-order valence-electron chi connectivity index (χ1n) is 8.63. The summed E-state index contributed by atoms with van der Waals surface area (Å²) in [7, 11) is 3.59. The lowest BCUT2D eigenvalue weighted by Gasteiger charge is -2.14. The first-order valence-corrected chi connectivity index (χ1v) is 8.63. The van der Waals surface area contributed by atoms with Gasteiger partial charge in [-0.1, -0.05) is 24.3 Å². The molecular formula is C22H24N2O2. The maximum absolute atomic E-state index is 5.95. The molecule has 0 amide bonds. The minimum atomic E-state index is 0.483.